The molecular weight excluding hydrogens is 409 g/mol. The lowest BCUT2D eigenvalue weighted by Crippen LogP contribution is -2.12. The minimum Gasteiger partial charge on any atom is -0.478 e. The molecule has 2 aromatic carbocycles. The number of carbonyl (C=O) groups is 2. The molecule has 0 aliphatic carbocycles. The van der Waals surface area contributed by atoms with E-state index in [1.54, 1.807) is 6.07 Å². The smallest absolute Gasteiger partial charge is 0.336 e. The summed E-state index contributed by atoms with van der Waals surface area (Å²) in [5, 5.41) is 11.6. The minimum absolute atomic E-state index is 0.0353. The maximum atomic E-state index is 13.1. The fraction of sp³-hybridized carbons (Fsp3) is 0. The summed E-state index contributed by atoms with van der Waals surface area (Å²) in [6.45, 7) is 0. The van der Waals surface area contributed by atoms with Crippen molar-refractivity contribution in [2.24, 2.45) is 0 Å². The van der Waals surface area contributed by atoms with Crippen LogP contribution in [0.1, 0.15) is 20.7 Å². The van der Waals surface area contributed by atoms with Crippen LogP contribution < -0.4 is 5.32 Å². The number of aromatic carboxylic acids is 1. The summed E-state index contributed by atoms with van der Waals surface area (Å²) in [5.41, 5.74) is 0.622. The number of hydrogen-bond acceptors (Lipinski definition) is 2. The van der Waals surface area contributed by atoms with E-state index in [1.165, 1.54) is 30.3 Å². The Morgan fingerprint density at radius 3 is 2.38 bits per heavy atom. The molecule has 0 aromatic heterocycles. The van der Waals surface area contributed by atoms with Crippen LogP contribution >= 0.6 is 31.9 Å². The monoisotopic (exact) mass is 415 g/mol. The SMILES string of the molecule is O=C(Nc1ccc(Br)c(C(=O)O)c1)c1ccc(F)c(Br)c1. The van der Waals surface area contributed by atoms with Crippen molar-refractivity contribution in [2.75, 3.05) is 5.32 Å². The first-order chi connectivity index (χ1) is 9.88. The Bertz CT molecular complexity index is 734. The van der Waals surface area contributed by atoms with Crippen molar-refractivity contribution >= 4 is 49.4 Å². The highest BCUT2D eigenvalue weighted by atomic mass is 79.9. The molecule has 0 aliphatic rings. The van der Waals surface area contributed by atoms with Crippen LogP contribution in [0.4, 0.5) is 10.1 Å². The van der Waals surface area contributed by atoms with E-state index in [0.29, 0.717) is 10.2 Å². The second-order valence-electron chi connectivity index (χ2n) is 4.08. The first-order valence-electron chi connectivity index (χ1n) is 5.67. The number of amides is 1. The predicted octanol–water partition coefficient (Wildman–Crippen LogP) is 4.30. The Balaban J connectivity index is 2.25. The van der Waals surface area contributed by atoms with Crippen LogP contribution in [0, 0.1) is 5.82 Å². The molecule has 0 spiro atoms. The molecule has 4 nitrogen and oxygen atoms in total. The van der Waals surface area contributed by atoms with Gasteiger partial charge < -0.3 is 10.4 Å². The van der Waals surface area contributed by atoms with Gasteiger partial charge in [-0.15, -0.1) is 0 Å². The van der Waals surface area contributed by atoms with Crippen molar-refractivity contribution in [1.29, 1.82) is 0 Å². The van der Waals surface area contributed by atoms with Crippen LogP contribution in [0.3, 0.4) is 0 Å². The van der Waals surface area contributed by atoms with Crippen LogP contribution in [0.2, 0.25) is 0 Å². The van der Waals surface area contributed by atoms with Gasteiger partial charge in [0.2, 0.25) is 0 Å². The molecule has 2 aromatic rings. The van der Waals surface area contributed by atoms with Crippen molar-refractivity contribution < 1.29 is 19.1 Å². The van der Waals surface area contributed by atoms with Crippen LogP contribution in [-0.4, -0.2) is 17.0 Å². The number of rotatable bonds is 3. The first kappa shape index (κ1) is 15.7. The quantitative estimate of drug-likeness (QED) is 0.783. The van der Waals surface area contributed by atoms with Gasteiger partial charge in [0.15, 0.2) is 0 Å². The number of halogens is 3. The summed E-state index contributed by atoms with van der Waals surface area (Å²) < 4.78 is 13.7. The number of carbonyl (C=O) groups excluding carboxylic acids is 1. The average Bonchev–Trinajstić information content (AvgIpc) is 2.43. The molecule has 0 aliphatic heterocycles. The molecule has 7 heteroatoms. The Morgan fingerprint density at radius 2 is 1.76 bits per heavy atom. The summed E-state index contributed by atoms with van der Waals surface area (Å²) >= 11 is 6.12. The lowest BCUT2D eigenvalue weighted by Gasteiger charge is -2.08. The Hall–Kier alpha value is -1.73. The summed E-state index contributed by atoms with van der Waals surface area (Å²) in [7, 11) is 0. The molecule has 0 fully saturated rings. The molecule has 21 heavy (non-hydrogen) atoms. The minimum atomic E-state index is -1.11. The van der Waals surface area contributed by atoms with E-state index < -0.39 is 17.7 Å². The van der Waals surface area contributed by atoms with Crippen molar-refractivity contribution in [2.45, 2.75) is 0 Å². The van der Waals surface area contributed by atoms with Crippen LogP contribution in [0.25, 0.3) is 0 Å². The molecule has 0 radical (unpaired) electrons. The topological polar surface area (TPSA) is 66.4 Å². The van der Waals surface area contributed by atoms with Gasteiger partial charge in [0.05, 0.1) is 10.0 Å². The van der Waals surface area contributed by atoms with Crippen LogP contribution in [-0.2, 0) is 0 Å². The fourth-order valence-corrected chi connectivity index (χ4v) is 2.40. The molecule has 0 atom stereocenters. The van der Waals surface area contributed by atoms with E-state index in [2.05, 4.69) is 37.2 Å². The zero-order chi connectivity index (χ0) is 15.6. The van der Waals surface area contributed by atoms with Gasteiger partial charge in [0.25, 0.3) is 5.91 Å². The number of hydrogen-bond donors (Lipinski definition) is 2. The fourth-order valence-electron chi connectivity index (χ4n) is 1.61. The molecule has 0 saturated heterocycles. The third-order valence-corrected chi connectivity index (χ3v) is 3.94. The maximum absolute atomic E-state index is 13.1. The van der Waals surface area contributed by atoms with Crippen LogP contribution in [0.5, 0.6) is 0 Å². The highest BCUT2D eigenvalue weighted by Crippen LogP contribution is 2.22. The number of benzene rings is 2. The predicted molar refractivity (Wildman–Crippen MR) is 83.2 cm³/mol. The molecular formula is C14H8Br2FNO3. The van der Waals surface area contributed by atoms with E-state index in [4.69, 9.17) is 5.11 Å². The van der Waals surface area contributed by atoms with E-state index in [9.17, 15) is 14.0 Å². The zero-order valence-electron chi connectivity index (χ0n) is 10.4. The average molecular weight is 417 g/mol. The second kappa shape index (κ2) is 6.36. The normalized spacial score (nSPS) is 10.2. The molecule has 0 heterocycles. The van der Waals surface area contributed by atoms with E-state index in [1.807, 2.05) is 0 Å². The number of nitrogens with one attached hydrogen (secondary N) is 1. The summed E-state index contributed by atoms with van der Waals surface area (Å²) in [6.07, 6.45) is 0. The Kier molecular flexibility index (Phi) is 4.74. The van der Waals surface area contributed by atoms with Crippen molar-refractivity contribution in [3.05, 3.63) is 62.3 Å². The van der Waals surface area contributed by atoms with E-state index in [-0.39, 0.29) is 15.6 Å². The molecule has 0 saturated carbocycles. The van der Waals surface area contributed by atoms with Gasteiger partial charge in [-0.1, -0.05) is 0 Å². The van der Waals surface area contributed by atoms with Crippen molar-refractivity contribution in [3.63, 3.8) is 0 Å². The second-order valence-corrected chi connectivity index (χ2v) is 5.79. The first-order valence-corrected chi connectivity index (χ1v) is 7.26. The van der Waals surface area contributed by atoms with Gasteiger partial charge in [-0.3, -0.25) is 4.79 Å². The Morgan fingerprint density at radius 1 is 1.05 bits per heavy atom. The van der Waals surface area contributed by atoms with Gasteiger partial charge in [-0.2, -0.15) is 0 Å². The standard InChI is InChI=1S/C14H8Br2FNO3/c15-10-3-2-8(6-9(10)14(20)21)18-13(19)7-1-4-12(17)11(16)5-7/h1-6H,(H,18,19)(H,20,21). The molecule has 1 amide bonds. The third kappa shape index (κ3) is 3.68. The van der Waals surface area contributed by atoms with E-state index >= 15 is 0 Å². The van der Waals surface area contributed by atoms with E-state index in [0.717, 1.165) is 0 Å². The lowest BCUT2D eigenvalue weighted by atomic mass is 10.1. The highest BCUT2D eigenvalue weighted by molar-refractivity contribution is 9.10. The summed E-state index contributed by atoms with van der Waals surface area (Å²) in [4.78, 5) is 23.1. The lowest BCUT2D eigenvalue weighted by molar-refractivity contribution is 0.0695. The Labute approximate surface area is 136 Å². The zero-order valence-corrected chi connectivity index (χ0v) is 13.5. The van der Waals surface area contributed by atoms with Gasteiger partial charge in [-0.25, -0.2) is 9.18 Å². The molecule has 108 valence electrons. The summed E-state index contributed by atoms with van der Waals surface area (Å²) in [6, 6.07) is 8.28. The summed E-state index contributed by atoms with van der Waals surface area (Å²) in [5.74, 6) is -2.04. The highest BCUT2D eigenvalue weighted by Gasteiger charge is 2.12. The molecule has 2 rings (SSSR count). The number of carboxylic acid groups (broad SMARTS) is 1. The van der Waals surface area contributed by atoms with Crippen molar-refractivity contribution in [1.82, 2.24) is 0 Å². The van der Waals surface area contributed by atoms with Crippen LogP contribution in [0.15, 0.2) is 45.3 Å². The number of carboxylic acids is 1. The maximum Gasteiger partial charge on any atom is 0.336 e. The number of anilines is 1. The molecule has 0 bridgehead atoms. The van der Waals surface area contributed by atoms with Gasteiger partial charge in [0, 0.05) is 15.7 Å². The van der Waals surface area contributed by atoms with Gasteiger partial charge in [0.1, 0.15) is 5.82 Å². The molecule has 2 N–H and O–H groups in total. The molecule has 0 unspecified atom stereocenters. The largest absolute Gasteiger partial charge is 0.478 e. The van der Waals surface area contributed by atoms with Crippen molar-refractivity contribution in [3.8, 4) is 0 Å². The van der Waals surface area contributed by atoms with Gasteiger partial charge >= 0.3 is 5.97 Å². The van der Waals surface area contributed by atoms with Gasteiger partial charge in [-0.05, 0) is 68.3 Å². The third-order valence-electron chi connectivity index (χ3n) is 2.64.